The fraction of sp³-hybridized carbons (Fsp3) is 0.667. The van der Waals surface area contributed by atoms with E-state index in [0.29, 0.717) is 0 Å². The molecule has 0 aromatic carbocycles. The highest BCUT2D eigenvalue weighted by Gasteiger charge is 2.15. The Morgan fingerprint density at radius 3 is 1.76 bits per heavy atom. The summed E-state index contributed by atoms with van der Waals surface area (Å²) >= 11 is 0. The van der Waals surface area contributed by atoms with Crippen molar-refractivity contribution in [3.8, 4) is 0 Å². The normalized spacial score (nSPS) is 15.8. The van der Waals surface area contributed by atoms with Gasteiger partial charge in [-0.15, -0.1) is 3.63 Å². The van der Waals surface area contributed by atoms with E-state index in [2.05, 4.69) is 39.8 Å². The molecule has 102 valence electrons. The second-order valence-corrected chi connectivity index (χ2v) is 5.28. The Kier molecular flexibility index (Phi) is 5.84. The predicted molar refractivity (Wildman–Crippen MR) is 58.3 cm³/mol. The molecule has 9 nitrogen and oxygen atoms in total. The van der Waals surface area contributed by atoms with Crippen LogP contribution < -0.4 is 0 Å². The minimum atomic E-state index is -5.12. The molecule has 0 unspecified atom stereocenters. The lowest BCUT2D eigenvalue weighted by molar-refractivity contribution is 0.308. The summed E-state index contributed by atoms with van der Waals surface area (Å²) in [5.41, 5.74) is 0. The fourth-order valence-corrected chi connectivity index (χ4v) is 1.77. The summed E-state index contributed by atoms with van der Waals surface area (Å²) in [5, 5.41) is 0. The van der Waals surface area contributed by atoms with E-state index < -0.39 is 20.8 Å². The minimum absolute atomic E-state index is 1.05. The monoisotopic (exact) mass is 290 g/mol. The van der Waals surface area contributed by atoms with Gasteiger partial charge in [-0.05, 0) is 6.92 Å². The third kappa shape index (κ3) is 10.0. The summed E-state index contributed by atoms with van der Waals surface area (Å²) in [7, 11) is -8.16. The van der Waals surface area contributed by atoms with Crippen LogP contribution in [0.15, 0.2) is 12.4 Å². The van der Waals surface area contributed by atoms with Crippen molar-refractivity contribution in [3.63, 3.8) is 0 Å². The first kappa shape index (κ1) is 16.1. The van der Waals surface area contributed by atoms with E-state index in [0.717, 1.165) is 13.2 Å². The van der Waals surface area contributed by atoms with Crippen LogP contribution in [0, 0.1) is 0 Å². The molecule has 0 atom stereocenters. The predicted octanol–water partition coefficient (Wildman–Crippen LogP) is -0.709. The van der Waals surface area contributed by atoms with Gasteiger partial charge in [-0.25, -0.2) is 0 Å². The van der Waals surface area contributed by atoms with Crippen LogP contribution in [0.2, 0.25) is 0 Å². The Balaban J connectivity index is 0.000000302. The van der Waals surface area contributed by atoms with Crippen LogP contribution in [0.3, 0.4) is 0 Å². The smallest absolute Gasteiger partial charge is 0.362 e. The zero-order valence-electron chi connectivity index (χ0n) is 9.22. The molecule has 0 spiro atoms. The zero-order valence-corrected chi connectivity index (χ0v) is 10.8. The van der Waals surface area contributed by atoms with E-state index in [1.807, 2.05) is 0 Å². The van der Waals surface area contributed by atoms with Crippen LogP contribution in [0.5, 0.6) is 0 Å². The molecule has 0 aromatic heterocycles. The maximum atomic E-state index is 9.44. The Hall–Kier alpha value is -0.880. The van der Waals surface area contributed by atoms with Gasteiger partial charge in [-0.3, -0.25) is 9.11 Å². The van der Waals surface area contributed by atoms with Crippen molar-refractivity contribution in [2.24, 2.45) is 0 Å². The maximum absolute atomic E-state index is 9.44. The molecule has 2 N–H and O–H groups in total. The van der Waals surface area contributed by atoms with E-state index in [1.165, 1.54) is 0 Å². The molecule has 11 heteroatoms. The van der Waals surface area contributed by atoms with E-state index in [-0.39, 0.29) is 0 Å². The second kappa shape index (κ2) is 6.16. The zero-order chi connectivity index (χ0) is 13.7. The highest BCUT2D eigenvalue weighted by Crippen LogP contribution is 2.00. The molecule has 0 saturated carbocycles. The largest absolute Gasteiger partial charge is 0.413 e. The lowest BCUT2D eigenvalue weighted by Crippen LogP contribution is -2.21. The van der Waals surface area contributed by atoms with Gasteiger partial charge >= 0.3 is 20.8 Å². The van der Waals surface area contributed by atoms with E-state index in [4.69, 9.17) is 9.11 Å². The highest BCUT2D eigenvalue weighted by molar-refractivity contribution is 7.94. The Morgan fingerprint density at radius 2 is 1.65 bits per heavy atom. The van der Waals surface area contributed by atoms with E-state index >= 15 is 0 Å². The number of nitrogens with zero attached hydrogens (tertiary/aromatic N) is 2. The fourth-order valence-electron chi connectivity index (χ4n) is 0.903. The van der Waals surface area contributed by atoms with Gasteiger partial charge in [-0.2, -0.15) is 16.8 Å². The third-order valence-corrected chi connectivity index (χ3v) is 2.89. The molecule has 1 heterocycles. The van der Waals surface area contributed by atoms with Gasteiger partial charge in [0.25, 0.3) is 0 Å². The molecule has 0 aromatic rings. The average molecular weight is 290 g/mol. The van der Waals surface area contributed by atoms with Crippen molar-refractivity contribution in [1.29, 1.82) is 0 Å². The van der Waals surface area contributed by atoms with Crippen molar-refractivity contribution in [3.05, 3.63) is 12.4 Å². The first-order valence-corrected chi connectivity index (χ1v) is 7.05. The Bertz CT molecular complexity index is 425. The van der Waals surface area contributed by atoms with Crippen molar-refractivity contribution in [2.45, 2.75) is 6.92 Å². The summed E-state index contributed by atoms with van der Waals surface area (Å²) < 4.78 is 55.6. The summed E-state index contributed by atoms with van der Waals surface area (Å²) in [6, 6.07) is 0. The van der Waals surface area contributed by atoms with Gasteiger partial charge in [0.1, 0.15) is 0 Å². The van der Waals surface area contributed by atoms with Gasteiger partial charge in [0.2, 0.25) is 0 Å². The lowest BCUT2D eigenvalue weighted by atomic mass is 10.6. The SMILES string of the molecule is CCN1C=CN(C)C1.O=S(=O)(O)OS(=O)(=O)O. The molecule has 0 aliphatic carbocycles. The molecular formula is C6H14N2O7S2. The van der Waals surface area contributed by atoms with Gasteiger partial charge in [0.05, 0.1) is 6.67 Å². The number of hydrogen-bond acceptors (Lipinski definition) is 7. The average Bonchev–Trinajstić information content (AvgIpc) is 2.45. The molecule has 0 saturated heterocycles. The van der Waals surface area contributed by atoms with Crippen LogP contribution in [0.1, 0.15) is 6.92 Å². The first-order valence-electron chi connectivity index (χ1n) is 4.32. The molecule has 17 heavy (non-hydrogen) atoms. The minimum Gasteiger partial charge on any atom is -0.362 e. The van der Waals surface area contributed by atoms with Gasteiger partial charge in [0.15, 0.2) is 0 Å². The van der Waals surface area contributed by atoms with Gasteiger partial charge in [0, 0.05) is 26.0 Å². The molecule has 1 aliphatic rings. The van der Waals surface area contributed by atoms with Crippen molar-refractivity contribution >= 4 is 20.8 Å². The van der Waals surface area contributed by atoms with Crippen LogP contribution in [-0.2, 0) is 24.4 Å². The standard InChI is InChI=1S/C6H12N2.H2O7S2/c1-3-8-5-4-7(2)6-8;1-8(2,3)7-9(4,5)6/h4-5H,3,6H2,1-2H3;(H,1,2,3)(H,4,5,6). The number of hydrogen-bond donors (Lipinski definition) is 2. The van der Waals surface area contributed by atoms with E-state index in [1.54, 1.807) is 0 Å². The van der Waals surface area contributed by atoms with E-state index in [9.17, 15) is 16.8 Å². The van der Waals surface area contributed by atoms with Gasteiger partial charge in [-0.1, -0.05) is 0 Å². The molecule has 0 radical (unpaired) electrons. The second-order valence-electron chi connectivity index (χ2n) is 3.03. The van der Waals surface area contributed by atoms with Crippen molar-refractivity contribution < 1.29 is 29.6 Å². The molecule has 0 amide bonds. The summed E-state index contributed by atoms with van der Waals surface area (Å²) in [5.74, 6) is 0. The van der Waals surface area contributed by atoms with Crippen LogP contribution >= 0.6 is 0 Å². The molecule has 0 fully saturated rings. The van der Waals surface area contributed by atoms with Gasteiger partial charge < -0.3 is 9.80 Å². The molecular weight excluding hydrogens is 276 g/mol. The summed E-state index contributed by atoms with van der Waals surface area (Å²) in [6.45, 7) is 4.32. The lowest BCUT2D eigenvalue weighted by Gasteiger charge is -2.14. The van der Waals surface area contributed by atoms with Crippen LogP contribution in [0.4, 0.5) is 0 Å². The Morgan fingerprint density at radius 1 is 1.18 bits per heavy atom. The first-order chi connectivity index (χ1) is 7.53. The summed E-state index contributed by atoms with van der Waals surface area (Å²) in [4.78, 5) is 4.41. The third-order valence-electron chi connectivity index (χ3n) is 1.51. The molecule has 1 aliphatic heterocycles. The topological polar surface area (TPSA) is 124 Å². The highest BCUT2D eigenvalue weighted by atomic mass is 32.3. The van der Waals surface area contributed by atoms with Crippen LogP contribution in [0.25, 0.3) is 0 Å². The summed E-state index contributed by atoms with van der Waals surface area (Å²) in [6.07, 6.45) is 4.20. The van der Waals surface area contributed by atoms with Crippen LogP contribution in [-0.4, -0.2) is 56.0 Å². The Labute approximate surface area is 100 Å². The van der Waals surface area contributed by atoms with Crippen molar-refractivity contribution in [1.82, 2.24) is 9.80 Å². The van der Waals surface area contributed by atoms with Crippen molar-refractivity contribution in [2.75, 3.05) is 20.3 Å². The maximum Gasteiger partial charge on any atom is 0.413 e. The molecule has 1 rings (SSSR count). The molecule has 0 bridgehead atoms. The quantitative estimate of drug-likeness (QED) is 0.648. The number of rotatable bonds is 3.